The number of nitrogens with zero attached hydrogens (tertiary/aromatic N) is 1. The molecule has 0 fully saturated rings. The van der Waals surface area contributed by atoms with E-state index in [1.807, 2.05) is 30.3 Å². The number of anilines is 1. The van der Waals surface area contributed by atoms with Crippen LogP contribution in [-0.2, 0) is 16.9 Å². The molecule has 0 radical (unpaired) electrons. The van der Waals surface area contributed by atoms with Gasteiger partial charge in [0.25, 0.3) is 0 Å². The van der Waals surface area contributed by atoms with Gasteiger partial charge in [0.2, 0.25) is 0 Å². The Morgan fingerprint density at radius 3 is 2.52 bits per heavy atom. The van der Waals surface area contributed by atoms with Crippen LogP contribution < -0.4 is 5.32 Å². The Kier molecular flexibility index (Phi) is 4.55. The minimum atomic E-state index is -0.959. The fourth-order valence-corrected chi connectivity index (χ4v) is 1.69. The third kappa shape index (κ3) is 4.57. The maximum Gasteiger partial charge on any atom is 0.413 e. The van der Waals surface area contributed by atoms with Crippen molar-refractivity contribution in [2.24, 2.45) is 0 Å². The lowest BCUT2D eigenvalue weighted by molar-refractivity contribution is 0.0782. The van der Waals surface area contributed by atoms with E-state index >= 15 is 0 Å². The van der Waals surface area contributed by atoms with Gasteiger partial charge in [-0.1, -0.05) is 36.4 Å². The molecule has 0 aliphatic rings. The fourth-order valence-electron chi connectivity index (χ4n) is 1.69. The van der Waals surface area contributed by atoms with E-state index in [1.54, 1.807) is 26.0 Å². The Morgan fingerprint density at radius 1 is 1.24 bits per heavy atom. The summed E-state index contributed by atoms with van der Waals surface area (Å²) in [5.41, 5.74) is 0.628. The van der Waals surface area contributed by atoms with Gasteiger partial charge < -0.3 is 9.84 Å². The van der Waals surface area contributed by atoms with Crippen molar-refractivity contribution in [1.29, 1.82) is 0 Å². The molecular weight excluding hydrogens is 268 g/mol. The van der Waals surface area contributed by atoms with Gasteiger partial charge >= 0.3 is 6.09 Å². The van der Waals surface area contributed by atoms with Gasteiger partial charge in [0.1, 0.15) is 12.4 Å². The second kappa shape index (κ2) is 6.37. The van der Waals surface area contributed by atoms with E-state index in [0.717, 1.165) is 5.56 Å². The molecule has 0 bridgehead atoms. The van der Waals surface area contributed by atoms with Crippen LogP contribution in [0.5, 0.6) is 0 Å². The van der Waals surface area contributed by atoms with Crippen molar-refractivity contribution in [3.05, 3.63) is 59.8 Å². The number of nitrogens with one attached hydrogen (secondary N) is 1. The highest BCUT2D eigenvalue weighted by Crippen LogP contribution is 2.19. The number of hydrogen-bond acceptors (Lipinski definition) is 4. The molecule has 0 aliphatic heterocycles. The summed E-state index contributed by atoms with van der Waals surface area (Å²) in [5.74, 6) is 0.376. The molecule has 1 heterocycles. The fraction of sp³-hybridized carbons (Fsp3) is 0.250. The Hall–Kier alpha value is -2.40. The Balaban J connectivity index is 1.88. The molecule has 0 saturated carbocycles. The largest absolute Gasteiger partial charge is 0.444 e. The number of benzene rings is 1. The van der Waals surface area contributed by atoms with Crippen molar-refractivity contribution in [2.45, 2.75) is 26.1 Å². The predicted octanol–water partition coefficient (Wildman–Crippen LogP) is 3.06. The van der Waals surface area contributed by atoms with Crippen molar-refractivity contribution >= 4 is 11.9 Å². The van der Waals surface area contributed by atoms with Crippen LogP contribution in [-0.4, -0.2) is 16.2 Å². The lowest BCUT2D eigenvalue weighted by Crippen LogP contribution is -2.17. The van der Waals surface area contributed by atoms with E-state index in [2.05, 4.69) is 10.3 Å². The van der Waals surface area contributed by atoms with Crippen LogP contribution in [0, 0.1) is 0 Å². The van der Waals surface area contributed by atoms with Gasteiger partial charge in [-0.15, -0.1) is 0 Å². The third-order valence-electron chi connectivity index (χ3n) is 2.91. The van der Waals surface area contributed by atoms with Crippen LogP contribution in [0.1, 0.15) is 25.0 Å². The lowest BCUT2D eigenvalue weighted by atomic mass is 10.0. The summed E-state index contributed by atoms with van der Waals surface area (Å²) in [4.78, 5) is 15.7. The number of pyridine rings is 1. The average Bonchev–Trinajstić information content (AvgIpc) is 2.46. The maximum atomic E-state index is 11.6. The quantitative estimate of drug-likeness (QED) is 0.906. The van der Waals surface area contributed by atoms with Crippen LogP contribution in [0.3, 0.4) is 0 Å². The topological polar surface area (TPSA) is 71.5 Å². The second-order valence-electron chi connectivity index (χ2n) is 5.18. The minimum absolute atomic E-state index is 0.203. The van der Waals surface area contributed by atoms with Gasteiger partial charge in [-0.3, -0.25) is 5.32 Å². The molecule has 1 amide bonds. The normalized spacial score (nSPS) is 11.0. The third-order valence-corrected chi connectivity index (χ3v) is 2.91. The Bertz CT molecular complexity index is 589. The molecule has 1 aromatic heterocycles. The van der Waals surface area contributed by atoms with Gasteiger partial charge in [0.05, 0.1) is 5.60 Å². The monoisotopic (exact) mass is 286 g/mol. The van der Waals surface area contributed by atoms with Gasteiger partial charge in [-0.05, 0) is 25.5 Å². The molecule has 2 rings (SSSR count). The van der Waals surface area contributed by atoms with Crippen molar-refractivity contribution < 1.29 is 14.6 Å². The van der Waals surface area contributed by atoms with Gasteiger partial charge in [0.15, 0.2) is 0 Å². The second-order valence-corrected chi connectivity index (χ2v) is 5.18. The first-order valence-corrected chi connectivity index (χ1v) is 6.62. The number of ether oxygens (including phenoxy) is 1. The highest BCUT2D eigenvalue weighted by atomic mass is 16.5. The lowest BCUT2D eigenvalue weighted by Gasteiger charge is -2.17. The molecule has 0 saturated heterocycles. The van der Waals surface area contributed by atoms with Gasteiger partial charge in [-0.2, -0.15) is 0 Å². The number of aliphatic hydroxyl groups is 1. The van der Waals surface area contributed by atoms with E-state index in [-0.39, 0.29) is 6.61 Å². The number of amides is 1. The Labute approximate surface area is 123 Å². The molecule has 0 unspecified atom stereocenters. The molecule has 0 atom stereocenters. The van der Waals surface area contributed by atoms with E-state index in [4.69, 9.17) is 4.74 Å². The van der Waals surface area contributed by atoms with Crippen LogP contribution in [0.2, 0.25) is 0 Å². The van der Waals surface area contributed by atoms with Crippen LogP contribution in [0.4, 0.5) is 10.6 Å². The zero-order chi connectivity index (χ0) is 15.3. The van der Waals surface area contributed by atoms with Crippen LogP contribution in [0.15, 0.2) is 48.7 Å². The maximum absolute atomic E-state index is 11.6. The summed E-state index contributed by atoms with van der Waals surface area (Å²) in [6, 6.07) is 12.8. The molecular formula is C16H18N2O3. The van der Waals surface area contributed by atoms with Gasteiger partial charge in [-0.25, -0.2) is 9.78 Å². The first-order valence-electron chi connectivity index (χ1n) is 6.62. The summed E-state index contributed by atoms with van der Waals surface area (Å²) in [5, 5.41) is 12.4. The molecule has 110 valence electrons. The summed E-state index contributed by atoms with van der Waals surface area (Å²) < 4.78 is 5.09. The molecule has 0 aliphatic carbocycles. The van der Waals surface area contributed by atoms with E-state index in [9.17, 15) is 9.90 Å². The number of carbonyl (C=O) groups is 1. The summed E-state index contributed by atoms with van der Waals surface area (Å²) >= 11 is 0. The standard InChI is InChI=1S/C16H18N2O3/c1-16(2,20)13-8-9-14(17-10-13)18-15(19)21-11-12-6-4-3-5-7-12/h3-10,20H,11H2,1-2H3,(H,17,18,19). The van der Waals surface area contributed by atoms with E-state index in [1.165, 1.54) is 6.20 Å². The average molecular weight is 286 g/mol. The minimum Gasteiger partial charge on any atom is -0.444 e. The highest BCUT2D eigenvalue weighted by molar-refractivity contribution is 5.83. The van der Waals surface area contributed by atoms with Crippen molar-refractivity contribution in [1.82, 2.24) is 4.98 Å². The molecule has 5 heteroatoms. The molecule has 5 nitrogen and oxygen atoms in total. The SMILES string of the molecule is CC(C)(O)c1ccc(NC(=O)OCc2ccccc2)nc1. The predicted molar refractivity (Wildman–Crippen MR) is 79.7 cm³/mol. The highest BCUT2D eigenvalue weighted by Gasteiger charge is 2.16. The summed E-state index contributed by atoms with van der Waals surface area (Å²) in [6.07, 6.45) is 0.953. The zero-order valence-corrected chi connectivity index (χ0v) is 12.0. The van der Waals surface area contributed by atoms with Crippen molar-refractivity contribution in [2.75, 3.05) is 5.32 Å². The van der Waals surface area contributed by atoms with Gasteiger partial charge in [0, 0.05) is 11.8 Å². The van der Waals surface area contributed by atoms with Crippen molar-refractivity contribution in [3.63, 3.8) is 0 Å². The number of aromatic nitrogens is 1. The molecule has 0 spiro atoms. The molecule has 2 aromatic rings. The summed E-state index contributed by atoms with van der Waals surface area (Å²) in [6.45, 7) is 3.55. The van der Waals surface area contributed by atoms with Crippen LogP contribution >= 0.6 is 0 Å². The summed E-state index contributed by atoms with van der Waals surface area (Å²) in [7, 11) is 0. The first kappa shape index (κ1) is 15.0. The first-order chi connectivity index (χ1) is 9.95. The smallest absolute Gasteiger partial charge is 0.413 e. The number of carbonyl (C=O) groups excluding carboxylic acids is 1. The zero-order valence-electron chi connectivity index (χ0n) is 12.0. The van der Waals surface area contributed by atoms with E-state index < -0.39 is 11.7 Å². The van der Waals surface area contributed by atoms with E-state index in [0.29, 0.717) is 11.4 Å². The number of rotatable bonds is 4. The van der Waals surface area contributed by atoms with Crippen molar-refractivity contribution in [3.8, 4) is 0 Å². The molecule has 2 N–H and O–H groups in total. The molecule has 1 aromatic carbocycles. The number of hydrogen-bond donors (Lipinski definition) is 2. The van der Waals surface area contributed by atoms with Crippen LogP contribution in [0.25, 0.3) is 0 Å². The Morgan fingerprint density at radius 2 is 1.95 bits per heavy atom. The molecule has 21 heavy (non-hydrogen) atoms.